The van der Waals surface area contributed by atoms with Crippen LogP contribution in [0.4, 0.5) is 0 Å². The quantitative estimate of drug-likeness (QED) is 0.725. The number of likely N-dealkylation sites (tertiary alicyclic amines) is 1. The summed E-state index contributed by atoms with van der Waals surface area (Å²) in [6.07, 6.45) is 2.07. The molecule has 162 valence electrons. The second-order valence-electron chi connectivity index (χ2n) is 8.42. The van der Waals surface area contributed by atoms with Crippen LogP contribution >= 0.6 is 0 Å². The number of carbonyl (C=O) groups excluding carboxylic acids is 1. The van der Waals surface area contributed by atoms with Crippen LogP contribution in [0.25, 0.3) is 0 Å². The molecule has 1 atom stereocenters. The summed E-state index contributed by atoms with van der Waals surface area (Å²) in [5, 5.41) is 0. The third-order valence-electron chi connectivity index (χ3n) is 6.10. The molecule has 6 heteroatoms. The van der Waals surface area contributed by atoms with E-state index in [1.54, 1.807) is 0 Å². The Labute approximate surface area is 178 Å². The lowest BCUT2D eigenvalue weighted by Gasteiger charge is -2.32. The van der Waals surface area contributed by atoms with Gasteiger partial charge in [0.25, 0.3) is 5.91 Å². The number of amides is 1. The summed E-state index contributed by atoms with van der Waals surface area (Å²) >= 11 is 0. The maximum absolute atomic E-state index is 13.1. The first-order valence-electron chi connectivity index (χ1n) is 11.0. The largest absolute Gasteiger partial charge is 0.493 e. The van der Waals surface area contributed by atoms with Gasteiger partial charge in [0.05, 0.1) is 19.8 Å². The number of para-hydroxylation sites is 1. The first kappa shape index (κ1) is 20.9. The standard InChI is InChI=1S/C24H32N2O4/c1-18-6-3-4-8-22(18)29-17-20-7-5-9-26(15-20)24(27)23-14-21(19(2)30-23)16-25-10-12-28-13-11-25/h3-4,6,8,14,20H,5,7,9-13,15-17H2,1-2H3/t20-/m0/s1. The summed E-state index contributed by atoms with van der Waals surface area (Å²) in [5.41, 5.74) is 2.23. The molecule has 1 aromatic heterocycles. The Hall–Kier alpha value is -2.31. The van der Waals surface area contributed by atoms with E-state index in [0.29, 0.717) is 24.8 Å². The van der Waals surface area contributed by atoms with Gasteiger partial charge in [-0.3, -0.25) is 9.69 Å². The lowest BCUT2D eigenvalue weighted by Crippen LogP contribution is -2.41. The molecule has 30 heavy (non-hydrogen) atoms. The molecule has 2 saturated heterocycles. The molecule has 2 fully saturated rings. The lowest BCUT2D eigenvalue weighted by atomic mass is 9.98. The summed E-state index contributed by atoms with van der Waals surface area (Å²) in [7, 11) is 0. The number of rotatable bonds is 6. The van der Waals surface area contributed by atoms with Gasteiger partial charge in [0.2, 0.25) is 0 Å². The highest BCUT2D eigenvalue weighted by atomic mass is 16.5. The van der Waals surface area contributed by atoms with Crippen LogP contribution in [0.3, 0.4) is 0 Å². The average Bonchev–Trinajstić information content (AvgIpc) is 3.14. The number of carbonyl (C=O) groups is 1. The molecule has 2 aromatic rings. The number of hydrogen-bond donors (Lipinski definition) is 0. The minimum Gasteiger partial charge on any atom is -0.493 e. The van der Waals surface area contributed by atoms with E-state index in [9.17, 15) is 4.79 Å². The van der Waals surface area contributed by atoms with Gasteiger partial charge < -0.3 is 18.8 Å². The Balaban J connectivity index is 1.34. The number of furan rings is 1. The fourth-order valence-electron chi connectivity index (χ4n) is 4.25. The van der Waals surface area contributed by atoms with E-state index in [2.05, 4.69) is 17.9 Å². The van der Waals surface area contributed by atoms with Crippen molar-refractivity contribution < 1.29 is 18.7 Å². The van der Waals surface area contributed by atoms with Gasteiger partial charge in [0.1, 0.15) is 11.5 Å². The van der Waals surface area contributed by atoms with Crippen molar-refractivity contribution in [1.82, 2.24) is 9.80 Å². The van der Waals surface area contributed by atoms with Gasteiger partial charge in [-0.15, -0.1) is 0 Å². The summed E-state index contributed by atoms with van der Waals surface area (Å²) < 4.78 is 17.3. The molecule has 0 spiro atoms. The third-order valence-corrected chi connectivity index (χ3v) is 6.10. The van der Waals surface area contributed by atoms with Crippen molar-refractivity contribution in [2.45, 2.75) is 33.2 Å². The molecule has 2 aliphatic rings. The Morgan fingerprint density at radius 3 is 2.77 bits per heavy atom. The van der Waals surface area contributed by atoms with Crippen LogP contribution in [0, 0.1) is 19.8 Å². The zero-order valence-corrected chi connectivity index (χ0v) is 18.1. The van der Waals surface area contributed by atoms with Crippen LogP contribution < -0.4 is 4.74 Å². The zero-order chi connectivity index (χ0) is 20.9. The Kier molecular flexibility index (Phi) is 6.75. The monoisotopic (exact) mass is 412 g/mol. The minimum atomic E-state index is -0.00748. The highest BCUT2D eigenvalue weighted by molar-refractivity contribution is 5.91. The van der Waals surface area contributed by atoms with E-state index >= 15 is 0 Å². The van der Waals surface area contributed by atoms with Crippen LogP contribution in [0.1, 0.15) is 40.3 Å². The van der Waals surface area contributed by atoms with Gasteiger partial charge in [-0.2, -0.15) is 0 Å². The van der Waals surface area contributed by atoms with Crippen molar-refractivity contribution in [2.75, 3.05) is 46.0 Å². The molecule has 4 rings (SSSR count). The summed E-state index contributed by atoms with van der Waals surface area (Å²) in [6, 6.07) is 10.00. The molecule has 0 aliphatic carbocycles. The summed E-state index contributed by atoms with van der Waals surface area (Å²) in [6.45, 7) is 10.3. The van der Waals surface area contributed by atoms with Crippen LogP contribution in [0.2, 0.25) is 0 Å². The molecule has 0 saturated carbocycles. The van der Waals surface area contributed by atoms with Crippen molar-refractivity contribution >= 4 is 5.91 Å². The van der Waals surface area contributed by atoms with E-state index < -0.39 is 0 Å². The van der Waals surface area contributed by atoms with Gasteiger partial charge >= 0.3 is 0 Å². The van der Waals surface area contributed by atoms with E-state index in [1.807, 2.05) is 36.1 Å². The summed E-state index contributed by atoms with van der Waals surface area (Å²) in [4.78, 5) is 17.4. The average molecular weight is 413 g/mol. The van der Waals surface area contributed by atoms with Crippen LogP contribution in [-0.4, -0.2) is 61.7 Å². The van der Waals surface area contributed by atoms with E-state index in [1.165, 1.54) is 0 Å². The second kappa shape index (κ2) is 9.67. The van der Waals surface area contributed by atoms with Gasteiger partial charge in [-0.25, -0.2) is 0 Å². The van der Waals surface area contributed by atoms with Crippen molar-refractivity contribution in [3.63, 3.8) is 0 Å². The maximum Gasteiger partial charge on any atom is 0.289 e. The van der Waals surface area contributed by atoms with Crippen LogP contribution in [0.5, 0.6) is 5.75 Å². The molecule has 0 unspecified atom stereocenters. The van der Waals surface area contributed by atoms with Gasteiger partial charge in [0, 0.05) is 44.2 Å². The number of aryl methyl sites for hydroxylation is 2. The first-order valence-corrected chi connectivity index (χ1v) is 11.0. The molecular weight excluding hydrogens is 380 g/mol. The molecule has 0 radical (unpaired) electrons. The number of piperidine rings is 1. The highest BCUT2D eigenvalue weighted by Crippen LogP contribution is 2.24. The first-order chi connectivity index (χ1) is 14.6. The fraction of sp³-hybridized carbons (Fsp3) is 0.542. The SMILES string of the molecule is Cc1ccccc1OC[C@H]1CCCN(C(=O)c2cc(CN3CCOCC3)c(C)o2)C1. The number of hydrogen-bond acceptors (Lipinski definition) is 5. The summed E-state index contributed by atoms with van der Waals surface area (Å²) in [5.74, 6) is 2.55. The molecule has 1 amide bonds. The number of nitrogens with zero attached hydrogens (tertiary/aromatic N) is 2. The Morgan fingerprint density at radius 1 is 1.17 bits per heavy atom. The van der Waals surface area contributed by atoms with Gasteiger partial charge in [-0.1, -0.05) is 18.2 Å². The fourth-order valence-corrected chi connectivity index (χ4v) is 4.25. The molecule has 0 N–H and O–H groups in total. The normalized spacial score (nSPS) is 20.3. The van der Waals surface area contributed by atoms with Crippen molar-refractivity contribution in [2.24, 2.45) is 5.92 Å². The highest BCUT2D eigenvalue weighted by Gasteiger charge is 2.28. The molecular formula is C24H32N2O4. The Morgan fingerprint density at radius 2 is 1.97 bits per heavy atom. The van der Waals surface area contributed by atoms with Crippen LogP contribution in [0.15, 0.2) is 34.7 Å². The molecule has 0 bridgehead atoms. The predicted octanol–water partition coefficient (Wildman–Crippen LogP) is 3.66. The Bertz CT molecular complexity index is 857. The molecule has 2 aliphatic heterocycles. The predicted molar refractivity (Wildman–Crippen MR) is 115 cm³/mol. The van der Waals surface area contributed by atoms with Crippen LogP contribution in [-0.2, 0) is 11.3 Å². The molecule has 3 heterocycles. The van der Waals surface area contributed by atoms with E-state index in [-0.39, 0.29) is 5.91 Å². The van der Waals surface area contributed by atoms with Crippen molar-refractivity contribution in [3.05, 3.63) is 53.0 Å². The van der Waals surface area contributed by atoms with Crippen molar-refractivity contribution in [3.8, 4) is 5.75 Å². The van der Waals surface area contributed by atoms with Gasteiger partial charge in [-0.05, 0) is 44.4 Å². The minimum absolute atomic E-state index is 0.00748. The number of benzene rings is 1. The van der Waals surface area contributed by atoms with E-state index in [0.717, 1.165) is 74.9 Å². The third kappa shape index (κ3) is 5.05. The lowest BCUT2D eigenvalue weighted by molar-refractivity contribution is 0.0340. The van der Waals surface area contributed by atoms with Crippen molar-refractivity contribution in [1.29, 1.82) is 0 Å². The zero-order valence-electron chi connectivity index (χ0n) is 18.1. The molecule has 6 nitrogen and oxygen atoms in total. The number of ether oxygens (including phenoxy) is 2. The van der Waals surface area contributed by atoms with E-state index in [4.69, 9.17) is 13.9 Å². The number of morpholine rings is 1. The molecule has 1 aromatic carbocycles. The topological polar surface area (TPSA) is 55.2 Å². The second-order valence-corrected chi connectivity index (χ2v) is 8.42. The smallest absolute Gasteiger partial charge is 0.289 e. The van der Waals surface area contributed by atoms with Gasteiger partial charge in [0.15, 0.2) is 5.76 Å². The maximum atomic E-state index is 13.1.